The van der Waals surface area contributed by atoms with Crippen LogP contribution in [0.5, 0.6) is 0 Å². The van der Waals surface area contributed by atoms with E-state index in [1.54, 1.807) is 6.92 Å². The number of ether oxygens (including phenoxy) is 2. The van der Waals surface area contributed by atoms with E-state index in [2.05, 4.69) is 4.72 Å². The molecule has 1 aliphatic heterocycles. The summed E-state index contributed by atoms with van der Waals surface area (Å²) >= 11 is 0. The Hall–Kier alpha value is -1.44. The molecule has 6 nitrogen and oxygen atoms in total. The maximum atomic E-state index is 12.2. The Morgan fingerprint density at radius 1 is 1.36 bits per heavy atom. The molecule has 122 valence electrons. The quantitative estimate of drug-likeness (QED) is 0.802. The van der Waals surface area contributed by atoms with Gasteiger partial charge in [0.1, 0.15) is 0 Å². The number of benzene rings is 1. The van der Waals surface area contributed by atoms with Gasteiger partial charge in [-0.1, -0.05) is 0 Å². The Labute approximate surface area is 130 Å². The van der Waals surface area contributed by atoms with Crippen LogP contribution in [0.4, 0.5) is 0 Å². The van der Waals surface area contributed by atoms with Gasteiger partial charge in [-0.3, -0.25) is 0 Å². The summed E-state index contributed by atoms with van der Waals surface area (Å²) in [6.45, 7) is 3.70. The van der Waals surface area contributed by atoms with E-state index in [0.29, 0.717) is 18.7 Å². The highest BCUT2D eigenvalue weighted by atomic mass is 32.2. The van der Waals surface area contributed by atoms with Gasteiger partial charge < -0.3 is 9.47 Å². The zero-order chi connectivity index (χ0) is 16.0. The minimum absolute atomic E-state index is 0.136. The smallest absolute Gasteiger partial charge is 0.338 e. The first-order valence-corrected chi connectivity index (χ1v) is 8.86. The Morgan fingerprint density at radius 2 is 2.09 bits per heavy atom. The number of carbonyl (C=O) groups is 1. The average molecular weight is 327 g/mol. The first-order chi connectivity index (χ1) is 10.5. The summed E-state index contributed by atoms with van der Waals surface area (Å²) in [7, 11) is -3.57. The third-order valence-corrected chi connectivity index (χ3v) is 4.93. The maximum Gasteiger partial charge on any atom is 0.338 e. The van der Waals surface area contributed by atoms with Crippen molar-refractivity contribution in [2.45, 2.75) is 24.7 Å². The van der Waals surface area contributed by atoms with E-state index < -0.39 is 16.0 Å². The van der Waals surface area contributed by atoms with Crippen LogP contribution in [0.1, 0.15) is 30.1 Å². The highest BCUT2D eigenvalue weighted by molar-refractivity contribution is 7.89. The van der Waals surface area contributed by atoms with Crippen molar-refractivity contribution >= 4 is 16.0 Å². The van der Waals surface area contributed by atoms with Gasteiger partial charge in [0.15, 0.2) is 0 Å². The molecule has 2 rings (SSSR count). The van der Waals surface area contributed by atoms with Crippen LogP contribution in [-0.2, 0) is 19.5 Å². The standard InChI is InChI=1S/C15H21NO5S/c1-2-21-15(17)13-5-7-14(8-6-13)22(18,19)16-10-12-4-3-9-20-11-12/h5-8,12,16H,2-4,9-11H2,1H3/t12-/m0/s1. The van der Waals surface area contributed by atoms with Crippen molar-refractivity contribution in [3.05, 3.63) is 29.8 Å². The average Bonchev–Trinajstić information content (AvgIpc) is 2.54. The summed E-state index contributed by atoms with van der Waals surface area (Å²) in [5.74, 6) is -0.249. The van der Waals surface area contributed by atoms with Gasteiger partial charge in [0.05, 0.1) is 23.7 Å². The molecule has 1 saturated heterocycles. The summed E-state index contributed by atoms with van der Waals surface area (Å²) in [6, 6.07) is 5.73. The van der Waals surface area contributed by atoms with Crippen molar-refractivity contribution in [1.29, 1.82) is 0 Å². The maximum absolute atomic E-state index is 12.2. The van der Waals surface area contributed by atoms with Crippen molar-refractivity contribution < 1.29 is 22.7 Å². The van der Waals surface area contributed by atoms with Gasteiger partial charge in [0, 0.05) is 13.2 Å². The first-order valence-electron chi connectivity index (χ1n) is 7.37. The molecule has 1 heterocycles. The second-order valence-corrected chi connectivity index (χ2v) is 6.95. The van der Waals surface area contributed by atoms with Crippen LogP contribution < -0.4 is 4.72 Å². The number of sulfonamides is 1. The molecule has 7 heteroatoms. The SMILES string of the molecule is CCOC(=O)c1ccc(S(=O)(=O)NC[C@@H]2CCCOC2)cc1. The van der Waals surface area contributed by atoms with E-state index in [4.69, 9.17) is 9.47 Å². The van der Waals surface area contributed by atoms with Crippen LogP contribution in [0.25, 0.3) is 0 Å². The van der Waals surface area contributed by atoms with Gasteiger partial charge in [0.25, 0.3) is 0 Å². The predicted octanol–water partition coefficient (Wildman–Crippen LogP) is 1.57. The summed E-state index contributed by atoms with van der Waals surface area (Å²) in [6.07, 6.45) is 1.92. The molecular weight excluding hydrogens is 306 g/mol. The molecule has 0 aromatic heterocycles. The van der Waals surface area contributed by atoms with Crippen LogP contribution in [0.2, 0.25) is 0 Å². The number of hydrogen-bond donors (Lipinski definition) is 1. The normalized spacial score (nSPS) is 18.9. The third-order valence-electron chi connectivity index (χ3n) is 3.49. The zero-order valence-corrected chi connectivity index (χ0v) is 13.4. The molecule has 1 aromatic carbocycles. The summed E-state index contributed by atoms with van der Waals surface area (Å²) in [5, 5.41) is 0. The summed E-state index contributed by atoms with van der Waals surface area (Å²) in [5.41, 5.74) is 0.335. The fourth-order valence-corrected chi connectivity index (χ4v) is 3.38. The molecule has 1 aliphatic rings. The molecule has 0 amide bonds. The Bertz CT molecular complexity index is 591. The predicted molar refractivity (Wildman–Crippen MR) is 81.1 cm³/mol. The van der Waals surface area contributed by atoms with E-state index in [9.17, 15) is 13.2 Å². The molecule has 1 atom stereocenters. The Morgan fingerprint density at radius 3 is 2.68 bits per heavy atom. The molecule has 0 radical (unpaired) electrons. The van der Waals surface area contributed by atoms with Crippen LogP contribution in [0.3, 0.4) is 0 Å². The molecule has 0 saturated carbocycles. The van der Waals surface area contributed by atoms with Gasteiger partial charge in [-0.15, -0.1) is 0 Å². The molecule has 1 fully saturated rings. The molecule has 0 unspecified atom stereocenters. The Balaban J connectivity index is 1.98. The van der Waals surface area contributed by atoms with Crippen molar-refractivity contribution in [3.8, 4) is 0 Å². The largest absolute Gasteiger partial charge is 0.462 e. The van der Waals surface area contributed by atoms with E-state index in [-0.39, 0.29) is 17.4 Å². The second-order valence-electron chi connectivity index (χ2n) is 5.18. The summed E-state index contributed by atoms with van der Waals surface area (Å²) in [4.78, 5) is 11.7. The monoisotopic (exact) mass is 327 g/mol. The lowest BCUT2D eigenvalue weighted by Gasteiger charge is -2.22. The van der Waals surface area contributed by atoms with Gasteiger partial charge in [0.2, 0.25) is 10.0 Å². The van der Waals surface area contributed by atoms with E-state index in [1.165, 1.54) is 24.3 Å². The number of hydrogen-bond acceptors (Lipinski definition) is 5. The zero-order valence-electron chi connectivity index (χ0n) is 12.6. The van der Waals surface area contributed by atoms with Crippen LogP contribution in [-0.4, -0.2) is 40.8 Å². The van der Waals surface area contributed by atoms with E-state index >= 15 is 0 Å². The topological polar surface area (TPSA) is 81.7 Å². The number of carbonyl (C=O) groups excluding carboxylic acids is 1. The molecule has 0 bridgehead atoms. The van der Waals surface area contributed by atoms with Gasteiger partial charge in [-0.05, 0) is 49.9 Å². The lowest BCUT2D eigenvalue weighted by Crippen LogP contribution is -2.33. The number of rotatable bonds is 6. The van der Waals surface area contributed by atoms with Gasteiger partial charge in [-0.25, -0.2) is 17.9 Å². The molecule has 0 spiro atoms. The minimum atomic E-state index is -3.57. The van der Waals surface area contributed by atoms with Crippen LogP contribution in [0, 0.1) is 5.92 Å². The third kappa shape index (κ3) is 4.53. The molecular formula is C15H21NO5S. The number of nitrogens with one attached hydrogen (secondary N) is 1. The molecule has 1 aromatic rings. The molecule has 0 aliphatic carbocycles. The lowest BCUT2D eigenvalue weighted by molar-refractivity contribution is 0.0526. The van der Waals surface area contributed by atoms with Crippen molar-refractivity contribution in [2.24, 2.45) is 5.92 Å². The highest BCUT2D eigenvalue weighted by Crippen LogP contribution is 2.15. The minimum Gasteiger partial charge on any atom is -0.462 e. The van der Waals surface area contributed by atoms with Crippen molar-refractivity contribution in [2.75, 3.05) is 26.4 Å². The highest BCUT2D eigenvalue weighted by Gasteiger charge is 2.19. The second kappa shape index (κ2) is 7.71. The fourth-order valence-electron chi connectivity index (χ4n) is 2.26. The van der Waals surface area contributed by atoms with E-state index in [1.807, 2.05) is 0 Å². The van der Waals surface area contributed by atoms with Crippen LogP contribution in [0.15, 0.2) is 29.2 Å². The van der Waals surface area contributed by atoms with Gasteiger partial charge in [-0.2, -0.15) is 0 Å². The number of esters is 1. The van der Waals surface area contributed by atoms with Gasteiger partial charge >= 0.3 is 5.97 Å². The lowest BCUT2D eigenvalue weighted by atomic mass is 10.0. The summed E-state index contributed by atoms with van der Waals surface area (Å²) < 4.78 is 37.2. The molecule has 1 N–H and O–H groups in total. The van der Waals surface area contributed by atoms with E-state index in [0.717, 1.165) is 19.4 Å². The van der Waals surface area contributed by atoms with Crippen LogP contribution >= 0.6 is 0 Å². The first kappa shape index (κ1) is 16.9. The van der Waals surface area contributed by atoms with Crippen molar-refractivity contribution in [1.82, 2.24) is 4.72 Å². The van der Waals surface area contributed by atoms with Crippen molar-refractivity contribution in [3.63, 3.8) is 0 Å². The Kier molecular flexibility index (Phi) is 5.93. The fraction of sp³-hybridized carbons (Fsp3) is 0.533. The molecule has 22 heavy (non-hydrogen) atoms.